The molecule has 1 aromatic carbocycles. The van der Waals surface area contributed by atoms with E-state index in [1.807, 2.05) is 0 Å². The zero-order chi connectivity index (χ0) is 14.2. The smallest absolute Gasteiger partial charge is 0.0227 e. The van der Waals surface area contributed by atoms with E-state index >= 15 is 0 Å². The molecule has 0 saturated carbocycles. The van der Waals surface area contributed by atoms with Gasteiger partial charge >= 0.3 is 0 Å². The molecule has 1 aromatic rings. The van der Waals surface area contributed by atoms with Crippen LogP contribution in [0.3, 0.4) is 0 Å². The molecule has 0 heterocycles. The third-order valence-electron chi connectivity index (χ3n) is 3.54. The maximum absolute atomic E-state index is 2.32. The van der Waals surface area contributed by atoms with Crippen molar-refractivity contribution in [2.45, 2.75) is 67.7 Å². The topological polar surface area (TPSA) is 0 Å². The van der Waals surface area contributed by atoms with E-state index in [4.69, 9.17) is 0 Å². The Morgan fingerprint density at radius 3 is 1.56 bits per heavy atom. The summed E-state index contributed by atoms with van der Waals surface area (Å²) in [5.41, 5.74) is 2.44. The highest BCUT2D eigenvalue weighted by Gasteiger charge is 2.14. The van der Waals surface area contributed by atoms with Crippen molar-refractivity contribution < 1.29 is 0 Å². The second kappa shape index (κ2) is 7.61. The predicted molar refractivity (Wildman–Crippen MR) is 84.0 cm³/mol. The fraction of sp³-hybridized carbons (Fsp3) is 0.667. The molecule has 0 aromatic heterocycles. The van der Waals surface area contributed by atoms with Crippen LogP contribution in [-0.4, -0.2) is 0 Å². The summed E-state index contributed by atoms with van der Waals surface area (Å²) in [6.07, 6.45) is 3.69. The van der Waals surface area contributed by atoms with Crippen molar-refractivity contribution in [3.63, 3.8) is 0 Å². The Labute approximate surface area is 115 Å². The van der Waals surface area contributed by atoms with E-state index in [2.05, 4.69) is 78.8 Å². The van der Waals surface area contributed by atoms with Gasteiger partial charge in [0.2, 0.25) is 0 Å². The van der Waals surface area contributed by atoms with Gasteiger partial charge in [0.15, 0.2) is 0 Å². The summed E-state index contributed by atoms with van der Waals surface area (Å²) in [7, 11) is 0. The second-order valence-corrected chi connectivity index (χ2v) is 7.09. The van der Waals surface area contributed by atoms with E-state index in [0.717, 1.165) is 0 Å². The van der Waals surface area contributed by atoms with Crippen LogP contribution in [0.1, 0.15) is 66.9 Å². The first kappa shape index (κ1) is 17.2. The Kier molecular flexibility index (Phi) is 7.28. The molecular weight excluding hydrogens is 216 g/mol. The van der Waals surface area contributed by atoms with Crippen molar-refractivity contribution in [2.75, 3.05) is 0 Å². The van der Waals surface area contributed by atoms with Crippen LogP contribution in [0.4, 0.5) is 0 Å². The summed E-state index contributed by atoms with van der Waals surface area (Å²) in [5.74, 6) is 0. The first-order valence-corrected chi connectivity index (χ1v) is 7.24. The van der Waals surface area contributed by atoms with Gasteiger partial charge in [-0.25, -0.2) is 0 Å². The van der Waals surface area contributed by atoms with Gasteiger partial charge < -0.3 is 0 Å². The molecule has 104 valence electrons. The Balaban J connectivity index is 0.000000411. The third-order valence-corrected chi connectivity index (χ3v) is 3.54. The monoisotopic (exact) mass is 248 g/mol. The molecule has 0 aliphatic carbocycles. The van der Waals surface area contributed by atoms with Gasteiger partial charge in [0.25, 0.3) is 0 Å². The molecule has 0 spiro atoms. The molecule has 0 saturated heterocycles. The highest BCUT2D eigenvalue weighted by molar-refractivity contribution is 5.15. The highest BCUT2D eigenvalue weighted by Crippen LogP contribution is 2.24. The second-order valence-electron chi connectivity index (χ2n) is 7.09. The van der Waals surface area contributed by atoms with Gasteiger partial charge in [0, 0.05) is 0 Å². The van der Waals surface area contributed by atoms with E-state index in [9.17, 15) is 0 Å². The molecule has 0 aliphatic rings. The lowest BCUT2D eigenvalue weighted by Gasteiger charge is -2.22. The summed E-state index contributed by atoms with van der Waals surface area (Å²) < 4.78 is 0. The molecule has 0 N–H and O–H groups in total. The lowest BCUT2D eigenvalue weighted by Crippen LogP contribution is -2.12. The van der Waals surface area contributed by atoms with Gasteiger partial charge in [-0.2, -0.15) is 0 Å². The molecule has 0 fully saturated rings. The van der Waals surface area contributed by atoms with Crippen molar-refractivity contribution in [1.29, 1.82) is 0 Å². The van der Waals surface area contributed by atoms with E-state index in [1.165, 1.54) is 24.8 Å². The fourth-order valence-corrected chi connectivity index (χ4v) is 1.27. The van der Waals surface area contributed by atoms with Crippen LogP contribution in [0.5, 0.6) is 0 Å². The van der Waals surface area contributed by atoms with Crippen molar-refractivity contribution >= 4 is 0 Å². The largest absolute Gasteiger partial charge is 0.0649 e. The first-order chi connectivity index (χ1) is 8.20. The van der Waals surface area contributed by atoms with Gasteiger partial charge in [0.1, 0.15) is 0 Å². The SMILES string of the molecule is CCC(C)(C)C.CCC(C)(C)Cc1ccccc1. The molecule has 0 atom stereocenters. The number of hydrogen-bond donors (Lipinski definition) is 0. The summed E-state index contributed by atoms with van der Waals surface area (Å²) >= 11 is 0. The van der Waals surface area contributed by atoms with Gasteiger partial charge in [-0.15, -0.1) is 0 Å². The van der Waals surface area contributed by atoms with Gasteiger partial charge in [0.05, 0.1) is 0 Å². The summed E-state index contributed by atoms with van der Waals surface area (Å²) in [6.45, 7) is 15.8. The van der Waals surface area contributed by atoms with E-state index < -0.39 is 0 Å². The summed E-state index contributed by atoms with van der Waals surface area (Å²) in [4.78, 5) is 0. The Hall–Kier alpha value is -0.780. The molecule has 0 unspecified atom stereocenters. The quantitative estimate of drug-likeness (QED) is 0.605. The van der Waals surface area contributed by atoms with Crippen molar-refractivity contribution in [2.24, 2.45) is 10.8 Å². The molecule has 0 nitrogen and oxygen atoms in total. The van der Waals surface area contributed by atoms with Crippen LogP contribution >= 0.6 is 0 Å². The minimum Gasteiger partial charge on any atom is -0.0649 e. The van der Waals surface area contributed by atoms with Crippen LogP contribution in [0.2, 0.25) is 0 Å². The van der Waals surface area contributed by atoms with E-state index in [-0.39, 0.29) is 0 Å². The van der Waals surface area contributed by atoms with Crippen LogP contribution < -0.4 is 0 Å². The number of rotatable bonds is 3. The Bertz CT molecular complexity index is 301. The third kappa shape index (κ3) is 9.27. The van der Waals surface area contributed by atoms with Crippen LogP contribution in [0, 0.1) is 10.8 Å². The molecule has 1 rings (SSSR count). The van der Waals surface area contributed by atoms with Crippen molar-refractivity contribution in [3.05, 3.63) is 35.9 Å². The maximum atomic E-state index is 2.32. The van der Waals surface area contributed by atoms with Crippen LogP contribution in [0.25, 0.3) is 0 Å². The molecular formula is C18H32. The van der Waals surface area contributed by atoms with Gasteiger partial charge in [-0.05, 0) is 22.8 Å². The molecule has 0 aliphatic heterocycles. The van der Waals surface area contributed by atoms with E-state index in [1.54, 1.807) is 0 Å². The highest BCUT2D eigenvalue weighted by atomic mass is 14.2. The zero-order valence-electron chi connectivity index (χ0n) is 13.5. The fourth-order valence-electron chi connectivity index (χ4n) is 1.27. The lowest BCUT2D eigenvalue weighted by molar-refractivity contribution is 0.349. The summed E-state index contributed by atoms with van der Waals surface area (Å²) in [5, 5.41) is 0. The molecule has 0 heteroatoms. The minimum absolute atomic E-state index is 0.446. The maximum Gasteiger partial charge on any atom is -0.0227 e. The lowest BCUT2D eigenvalue weighted by atomic mass is 9.83. The van der Waals surface area contributed by atoms with Gasteiger partial charge in [-0.3, -0.25) is 0 Å². The Morgan fingerprint density at radius 1 is 0.778 bits per heavy atom. The predicted octanol–water partition coefficient (Wildman–Crippen LogP) is 6.11. The molecule has 0 bridgehead atoms. The molecule has 18 heavy (non-hydrogen) atoms. The van der Waals surface area contributed by atoms with E-state index in [0.29, 0.717) is 10.8 Å². The van der Waals surface area contributed by atoms with Crippen molar-refractivity contribution in [3.8, 4) is 0 Å². The molecule has 0 amide bonds. The van der Waals surface area contributed by atoms with Crippen molar-refractivity contribution in [1.82, 2.24) is 0 Å². The normalized spacial score (nSPS) is 11.7. The Morgan fingerprint density at radius 2 is 1.22 bits per heavy atom. The standard InChI is InChI=1S/C12H18.C6H14/c1-4-12(2,3)10-11-8-6-5-7-9-11;1-5-6(2,3)4/h5-9H,4,10H2,1-3H3;5H2,1-4H3. The summed E-state index contributed by atoms with van der Waals surface area (Å²) in [6, 6.07) is 10.7. The number of benzene rings is 1. The van der Waals surface area contributed by atoms with Crippen LogP contribution in [-0.2, 0) is 6.42 Å². The number of hydrogen-bond acceptors (Lipinski definition) is 0. The minimum atomic E-state index is 0.446. The average molecular weight is 248 g/mol. The first-order valence-electron chi connectivity index (χ1n) is 7.24. The average Bonchev–Trinajstić information content (AvgIpc) is 2.30. The van der Waals surface area contributed by atoms with Crippen LogP contribution in [0.15, 0.2) is 30.3 Å². The zero-order valence-corrected chi connectivity index (χ0v) is 13.5. The molecule has 0 radical (unpaired) electrons. The van der Waals surface area contributed by atoms with Gasteiger partial charge in [-0.1, -0.05) is 91.6 Å².